The molecule has 32 heteroatoms. The van der Waals surface area contributed by atoms with E-state index in [-0.39, 0.29) is 81.4 Å². The molecular weight excluding hydrogens is 1230 g/mol. The Labute approximate surface area is 530 Å². The van der Waals surface area contributed by atoms with Crippen molar-refractivity contribution < 1.29 is 76.4 Å². The topological polar surface area (TPSA) is 447 Å². The van der Waals surface area contributed by atoms with Gasteiger partial charge in [-0.15, -0.1) is 11.3 Å². The minimum Gasteiger partial charge on any atom is -0.370 e. The average molecular weight is 1320 g/mol. The zero-order chi connectivity index (χ0) is 65.8. The fraction of sp³-hybridized carbons (Fsp3) is 0.655. The average Bonchev–Trinajstić information content (AvgIpc) is 2.22. The molecule has 13 amide bonds. The van der Waals surface area contributed by atoms with Crippen LogP contribution in [0.3, 0.4) is 0 Å². The van der Waals surface area contributed by atoms with Crippen molar-refractivity contribution in [3.05, 3.63) is 35.2 Å². The van der Waals surface area contributed by atoms with Gasteiger partial charge < -0.3 is 79.3 Å². The van der Waals surface area contributed by atoms with Crippen LogP contribution >= 0.6 is 30.9 Å². The Hall–Kier alpha value is -6.92. The number of nitrogens with two attached hydrogens (primary N) is 2. The van der Waals surface area contributed by atoms with Gasteiger partial charge in [-0.25, -0.2) is 9.36 Å². The number of urea groups is 1. The Kier molecular flexibility index (Phi) is 27.6. The second kappa shape index (κ2) is 34.5. The largest absolute Gasteiger partial charge is 0.469 e. The quantitative estimate of drug-likeness (QED) is 0.0248. The van der Waals surface area contributed by atoms with E-state index in [0.29, 0.717) is 42.4 Å². The molecular formula is C58H88N13O16PS2. The van der Waals surface area contributed by atoms with Crippen molar-refractivity contribution in [1.29, 1.82) is 0 Å². The first kappa shape index (κ1) is 72.1. The zero-order valence-electron chi connectivity index (χ0n) is 51.2. The van der Waals surface area contributed by atoms with Crippen LogP contribution in [0.15, 0.2) is 30.3 Å². The molecule has 1 aromatic carbocycles. The van der Waals surface area contributed by atoms with Gasteiger partial charge in [0.25, 0.3) is 0 Å². The first-order valence-corrected chi connectivity index (χ1v) is 34.2. The Bertz CT molecular complexity index is 2930. The van der Waals surface area contributed by atoms with Crippen LogP contribution in [0.1, 0.15) is 142 Å². The number of primary amides is 2. The van der Waals surface area contributed by atoms with E-state index < -0.39 is 121 Å². The summed E-state index contributed by atoms with van der Waals surface area (Å²) in [5.74, 6) is -7.40. The van der Waals surface area contributed by atoms with E-state index in [4.69, 9.17) is 16.0 Å². The maximum absolute atomic E-state index is 14.8. The summed E-state index contributed by atoms with van der Waals surface area (Å²) in [6.45, 7) is 5.28. The molecule has 4 heterocycles. The lowest BCUT2D eigenvalue weighted by atomic mass is 9.84. The fourth-order valence-corrected chi connectivity index (χ4v) is 14.9. The smallest absolute Gasteiger partial charge is 0.370 e. The maximum Gasteiger partial charge on any atom is 0.469 e. The molecule has 29 nitrogen and oxygen atoms in total. The number of nitrogens with one attached hydrogen (secondary N) is 10. The summed E-state index contributed by atoms with van der Waals surface area (Å²) in [5, 5.41) is 28.0. The van der Waals surface area contributed by atoms with Gasteiger partial charge >= 0.3 is 13.9 Å². The van der Waals surface area contributed by atoms with Crippen molar-refractivity contribution in [3.63, 3.8) is 0 Å². The summed E-state index contributed by atoms with van der Waals surface area (Å²) < 4.78 is 18.2. The highest BCUT2D eigenvalue weighted by molar-refractivity contribution is 8.00. The van der Waals surface area contributed by atoms with E-state index in [1.54, 1.807) is 12.1 Å². The Morgan fingerprint density at radius 2 is 1.40 bits per heavy atom. The first-order chi connectivity index (χ1) is 42.7. The fourth-order valence-electron chi connectivity index (χ4n) is 11.7. The van der Waals surface area contributed by atoms with Crippen LogP contribution in [0.2, 0.25) is 0 Å². The number of fused-ring (bicyclic) bond motifs is 2. The predicted octanol–water partition coefficient (Wildman–Crippen LogP) is 0.119. The molecule has 6 rings (SSSR count). The van der Waals surface area contributed by atoms with Crippen LogP contribution < -0.4 is 64.6 Å². The van der Waals surface area contributed by atoms with Crippen LogP contribution in [0.25, 0.3) is 10.1 Å². The molecule has 4 aliphatic rings. The van der Waals surface area contributed by atoms with Crippen molar-refractivity contribution >= 4 is 112 Å². The van der Waals surface area contributed by atoms with Gasteiger partial charge in [-0.05, 0) is 102 Å². The van der Waals surface area contributed by atoms with Gasteiger partial charge in [-0.3, -0.25) is 57.3 Å². The number of rotatable bonds is 35. The van der Waals surface area contributed by atoms with Gasteiger partial charge in [0, 0.05) is 59.9 Å². The highest BCUT2D eigenvalue weighted by atomic mass is 32.2. The summed E-state index contributed by atoms with van der Waals surface area (Å²) in [7, 11) is -5.38. The Morgan fingerprint density at radius 3 is 2.08 bits per heavy atom. The van der Waals surface area contributed by atoms with Crippen LogP contribution in [0.4, 0.5) is 4.79 Å². The van der Waals surface area contributed by atoms with Crippen LogP contribution in [0, 0.1) is 5.92 Å². The zero-order valence-corrected chi connectivity index (χ0v) is 53.7. The number of carbonyl (C=O) groups excluding carboxylic acids is 12. The number of nitrogens with zero attached hydrogens (tertiary/aromatic N) is 1. The molecule has 4 fully saturated rings. The lowest BCUT2D eigenvalue weighted by molar-refractivity contribution is -0.144. The van der Waals surface area contributed by atoms with E-state index in [0.717, 1.165) is 72.6 Å². The number of benzene rings is 1. The summed E-state index contributed by atoms with van der Waals surface area (Å²) in [6, 6.07) is -1.77. The second-order valence-corrected chi connectivity index (χ2v) is 27.3. The van der Waals surface area contributed by atoms with Gasteiger partial charge in [-0.2, -0.15) is 11.8 Å². The number of likely N-dealkylation sites (tertiary alicyclic amines) is 1. The van der Waals surface area contributed by atoms with Crippen LogP contribution in [0.5, 0.6) is 0 Å². The number of thioether (sulfide) groups is 1. The third-order valence-corrected chi connectivity index (χ3v) is 19.7. The van der Waals surface area contributed by atoms with Gasteiger partial charge in [0.1, 0.15) is 48.3 Å². The standard InChI is InChI=1S/C58H88N13O16PS2/c1-31(63-53(78)39(64-34(4)72)18-12-13-25-61-47(74)22-11-10-21-45-49-42(30-89-45)68-58(83)70-49)51(76)62-32(2)52(77)66-41(29-37-28-36-17-8-9-20-44(36)90-37)55(80)69-48(33(3)87-88(84,85)86)57(82)71-26-14-19-43(71)56(81)67-40(27-35-15-6-5-7-16-35)54(79)65-38(50(60)75)23-24-46(59)73/h8-9,17,20,28,31-33,35,38-43,45,48-49H,5-7,10-16,18-19,21-27,29-30H2,1-4H3,(H2,59,73)(H2,60,75)(H,61,74)(H,62,76)(H,63,78)(H,64,72)(H,65,79)(H,66,77)(H,67,81)(H,69,80)(H2,68,70,83)(H2,84,85,86)/t31-,32-,33?,38-,39-,40-,41-,42-,43-,45-,48-,49-/m0/s1. The van der Waals surface area contributed by atoms with Crippen LogP contribution in [-0.2, 0) is 68.2 Å². The summed E-state index contributed by atoms with van der Waals surface area (Å²) >= 11 is 3.11. The lowest BCUT2D eigenvalue weighted by Gasteiger charge is -2.33. The third-order valence-electron chi connectivity index (χ3n) is 16.5. The molecule has 1 saturated carbocycles. The molecule has 1 aliphatic carbocycles. The third kappa shape index (κ3) is 22.5. The number of amides is 13. The molecule has 12 atom stereocenters. The Morgan fingerprint density at radius 1 is 0.733 bits per heavy atom. The van der Waals surface area contributed by atoms with Crippen LogP contribution in [-0.4, -0.2) is 176 Å². The SMILES string of the molecule is CC(=O)N[C@@H](CCCCNC(=O)CCCC[C@@H]1SC[C@@H]2NC(=O)N[C@@H]21)C(=O)N[C@@H](C)C(=O)N[C@@H](C)C(=O)N[C@@H](Cc1cc2ccccc2s1)C(=O)N[C@H](C(=O)N1CCC[C@H]1C(=O)N[C@@H](CC1CCCCC1)C(=O)N[C@@H](CCC(N)=O)C(N)=O)C(C)OP(=O)(O)O. The summed E-state index contributed by atoms with van der Waals surface area (Å²) in [6.07, 6.45) is 6.12. The number of hydrogen-bond acceptors (Lipinski definition) is 16. The highest BCUT2D eigenvalue weighted by Gasteiger charge is 2.45. The lowest BCUT2D eigenvalue weighted by Crippen LogP contribution is -2.62. The predicted molar refractivity (Wildman–Crippen MR) is 333 cm³/mol. The van der Waals surface area contributed by atoms with E-state index in [1.165, 1.54) is 32.1 Å². The molecule has 3 aliphatic heterocycles. The van der Waals surface area contributed by atoms with Crippen molar-refractivity contribution in [2.24, 2.45) is 17.4 Å². The minimum atomic E-state index is -5.38. The first-order valence-electron chi connectivity index (χ1n) is 30.8. The number of phosphoric ester groups is 1. The molecule has 0 bridgehead atoms. The molecule has 2 aromatic rings. The van der Waals surface area contributed by atoms with Gasteiger partial charge in [0.05, 0.1) is 18.2 Å². The minimum absolute atomic E-state index is 0.00273. The molecule has 1 aromatic heterocycles. The highest BCUT2D eigenvalue weighted by Crippen LogP contribution is 2.39. The number of thiophene rings is 1. The van der Waals surface area contributed by atoms with Crippen molar-refractivity contribution in [3.8, 4) is 0 Å². The van der Waals surface area contributed by atoms with Gasteiger partial charge in [0.15, 0.2) is 0 Å². The number of carbonyl (C=O) groups is 12. The molecule has 3 saturated heterocycles. The summed E-state index contributed by atoms with van der Waals surface area (Å²) in [4.78, 5) is 181. The van der Waals surface area contributed by atoms with Crippen molar-refractivity contribution in [2.75, 3.05) is 18.8 Å². The molecule has 0 radical (unpaired) electrons. The monoisotopic (exact) mass is 1320 g/mol. The van der Waals surface area contributed by atoms with E-state index in [2.05, 4.69) is 53.2 Å². The molecule has 498 valence electrons. The summed E-state index contributed by atoms with van der Waals surface area (Å²) in [5.41, 5.74) is 10.8. The second-order valence-electron chi connectivity index (χ2n) is 23.7. The van der Waals surface area contributed by atoms with E-state index >= 15 is 0 Å². The number of hydrogen-bond donors (Lipinski definition) is 14. The molecule has 0 spiro atoms. The maximum atomic E-state index is 14.8. The van der Waals surface area contributed by atoms with Gasteiger partial charge in [0.2, 0.25) is 65.0 Å². The van der Waals surface area contributed by atoms with E-state index in [1.807, 2.05) is 30.0 Å². The van der Waals surface area contributed by atoms with E-state index in [9.17, 15) is 71.9 Å². The van der Waals surface area contributed by atoms with Crippen molar-refractivity contribution in [2.45, 2.75) is 215 Å². The van der Waals surface area contributed by atoms with Gasteiger partial charge in [-0.1, -0.05) is 56.7 Å². The Balaban J connectivity index is 1.08. The number of phosphoric acid groups is 1. The molecule has 90 heavy (non-hydrogen) atoms. The normalized spacial score (nSPS) is 20.9. The molecule has 16 N–H and O–H groups in total. The number of unbranched alkanes of at least 4 members (excludes halogenated alkanes) is 2. The van der Waals surface area contributed by atoms with Crippen molar-refractivity contribution in [1.82, 2.24) is 58.1 Å². The molecule has 1 unspecified atom stereocenters.